The van der Waals surface area contributed by atoms with Crippen LogP contribution in [0.2, 0.25) is 0 Å². The number of benzene rings is 1. The van der Waals surface area contributed by atoms with Crippen LogP contribution in [0.1, 0.15) is 45.1 Å². The molecule has 112 valence electrons. The second kappa shape index (κ2) is 7.78. The molecule has 2 heteroatoms. The lowest BCUT2D eigenvalue weighted by Gasteiger charge is -2.36. The highest BCUT2D eigenvalue weighted by molar-refractivity contribution is 5.17. The third kappa shape index (κ3) is 4.31. The van der Waals surface area contributed by atoms with E-state index in [0.717, 1.165) is 37.3 Å². The summed E-state index contributed by atoms with van der Waals surface area (Å²) in [6.07, 6.45) is 6.47. The largest absolute Gasteiger partial charge is 0.317 e. The molecule has 0 aromatic heterocycles. The monoisotopic (exact) mass is 277 g/mol. The summed E-state index contributed by atoms with van der Waals surface area (Å²) in [6, 6.07) is 7.09. The SMILES string of the molecule is CCNCC1CCC(CC)CC1Cc1ccc(F)cc1. The third-order valence-corrected chi connectivity index (χ3v) is 4.89. The second-order valence-corrected chi connectivity index (χ2v) is 6.25. The fraction of sp³-hybridized carbons (Fsp3) is 0.667. The molecule has 0 spiro atoms. The van der Waals surface area contributed by atoms with E-state index in [1.165, 1.54) is 31.2 Å². The smallest absolute Gasteiger partial charge is 0.123 e. The van der Waals surface area contributed by atoms with E-state index in [1.54, 1.807) is 12.1 Å². The fourth-order valence-electron chi connectivity index (χ4n) is 3.57. The van der Waals surface area contributed by atoms with Crippen LogP contribution in [0.5, 0.6) is 0 Å². The zero-order chi connectivity index (χ0) is 14.4. The number of hydrogen-bond acceptors (Lipinski definition) is 1. The highest BCUT2D eigenvalue weighted by atomic mass is 19.1. The van der Waals surface area contributed by atoms with Gasteiger partial charge in [0.25, 0.3) is 0 Å². The van der Waals surface area contributed by atoms with Gasteiger partial charge in [0.05, 0.1) is 0 Å². The Labute approximate surface area is 123 Å². The maximum Gasteiger partial charge on any atom is 0.123 e. The van der Waals surface area contributed by atoms with E-state index in [2.05, 4.69) is 19.2 Å². The van der Waals surface area contributed by atoms with Crippen molar-refractivity contribution in [1.82, 2.24) is 5.32 Å². The van der Waals surface area contributed by atoms with Gasteiger partial charge in [-0.3, -0.25) is 0 Å². The van der Waals surface area contributed by atoms with Crippen LogP contribution in [0.25, 0.3) is 0 Å². The Morgan fingerprint density at radius 3 is 2.50 bits per heavy atom. The van der Waals surface area contributed by atoms with Gasteiger partial charge in [-0.15, -0.1) is 0 Å². The lowest BCUT2D eigenvalue weighted by Crippen LogP contribution is -2.34. The van der Waals surface area contributed by atoms with Crippen molar-refractivity contribution in [3.8, 4) is 0 Å². The Kier molecular flexibility index (Phi) is 6.03. The van der Waals surface area contributed by atoms with Crippen molar-refractivity contribution in [3.63, 3.8) is 0 Å². The quantitative estimate of drug-likeness (QED) is 0.811. The average Bonchev–Trinajstić information content (AvgIpc) is 2.48. The van der Waals surface area contributed by atoms with Gasteiger partial charge in [-0.25, -0.2) is 4.39 Å². The van der Waals surface area contributed by atoms with Gasteiger partial charge in [-0.05, 0) is 67.8 Å². The predicted octanol–water partition coefficient (Wildman–Crippen LogP) is 4.42. The summed E-state index contributed by atoms with van der Waals surface area (Å²) in [5, 5.41) is 3.52. The van der Waals surface area contributed by atoms with E-state index in [1.807, 2.05) is 12.1 Å². The van der Waals surface area contributed by atoms with E-state index in [-0.39, 0.29) is 5.82 Å². The standard InChI is InChI=1S/C18H28FN/c1-3-14-5-8-16(13-20-4-2)17(11-14)12-15-6-9-18(19)10-7-15/h6-7,9-10,14,16-17,20H,3-5,8,11-13H2,1-2H3. The first-order valence-electron chi connectivity index (χ1n) is 8.18. The first-order valence-corrected chi connectivity index (χ1v) is 8.18. The van der Waals surface area contributed by atoms with Gasteiger partial charge in [0.2, 0.25) is 0 Å². The summed E-state index contributed by atoms with van der Waals surface area (Å²) < 4.78 is 13.0. The van der Waals surface area contributed by atoms with Gasteiger partial charge in [-0.1, -0.05) is 38.8 Å². The van der Waals surface area contributed by atoms with E-state index < -0.39 is 0 Å². The van der Waals surface area contributed by atoms with Crippen LogP contribution in [0.15, 0.2) is 24.3 Å². The number of nitrogens with one attached hydrogen (secondary N) is 1. The Morgan fingerprint density at radius 1 is 1.10 bits per heavy atom. The van der Waals surface area contributed by atoms with Crippen LogP contribution in [-0.4, -0.2) is 13.1 Å². The first kappa shape index (κ1) is 15.5. The maximum absolute atomic E-state index is 13.0. The molecular formula is C18H28FN. The first-order chi connectivity index (χ1) is 9.72. The highest BCUT2D eigenvalue weighted by Crippen LogP contribution is 2.37. The molecule has 0 bridgehead atoms. The summed E-state index contributed by atoms with van der Waals surface area (Å²) in [5.74, 6) is 2.28. The van der Waals surface area contributed by atoms with Gasteiger partial charge in [0.15, 0.2) is 0 Å². The van der Waals surface area contributed by atoms with Gasteiger partial charge < -0.3 is 5.32 Å². The molecule has 0 aliphatic heterocycles. The van der Waals surface area contributed by atoms with Crippen LogP contribution in [0.3, 0.4) is 0 Å². The molecule has 3 unspecified atom stereocenters. The third-order valence-electron chi connectivity index (χ3n) is 4.89. The van der Waals surface area contributed by atoms with Crippen LogP contribution in [-0.2, 0) is 6.42 Å². The number of hydrogen-bond donors (Lipinski definition) is 1. The molecule has 1 aliphatic rings. The summed E-state index contributed by atoms with van der Waals surface area (Å²) in [7, 11) is 0. The second-order valence-electron chi connectivity index (χ2n) is 6.25. The van der Waals surface area contributed by atoms with Gasteiger partial charge >= 0.3 is 0 Å². The Hall–Kier alpha value is -0.890. The van der Waals surface area contributed by atoms with Crippen molar-refractivity contribution < 1.29 is 4.39 Å². The summed E-state index contributed by atoms with van der Waals surface area (Å²) >= 11 is 0. The zero-order valence-electron chi connectivity index (χ0n) is 12.9. The Balaban J connectivity index is 2.00. The molecule has 1 N–H and O–H groups in total. The molecule has 1 saturated carbocycles. The highest BCUT2D eigenvalue weighted by Gasteiger charge is 2.29. The van der Waals surface area contributed by atoms with Gasteiger partial charge in [0, 0.05) is 0 Å². The Bertz CT molecular complexity index is 387. The summed E-state index contributed by atoms with van der Waals surface area (Å²) in [5.41, 5.74) is 1.29. The van der Waals surface area contributed by atoms with Gasteiger partial charge in [-0.2, -0.15) is 0 Å². The molecule has 1 aromatic carbocycles. The minimum Gasteiger partial charge on any atom is -0.317 e. The van der Waals surface area contributed by atoms with Crippen LogP contribution < -0.4 is 5.32 Å². The van der Waals surface area contributed by atoms with Crippen molar-refractivity contribution in [2.24, 2.45) is 17.8 Å². The molecule has 0 heterocycles. The van der Waals surface area contributed by atoms with Crippen LogP contribution in [0.4, 0.5) is 4.39 Å². The number of rotatable bonds is 6. The molecule has 1 aliphatic carbocycles. The topological polar surface area (TPSA) is 12.0 Å². The molecule has 0 radical (unpaired) electrons. The maximum atomic E-state index is 13.0. The lowest BCUT2D eigenvalue weighted by atomic mass is 9.71. The van der Waals surface area contributed by atoms with E-state index in [4.69, 9.17) is 0 Å². The van der Waals surface area contributed by atoms with Crippen molar-refractivity contribution >= 4 is 0 Å². The molecule has 0 saturated heterocycles. The Morgan fingerprint density at radius 2 is 1.85 bits per heavy atom. The fourth-order valence-corrected chi connectivity index (χ4v) is 3.57. The van der Waals surface area contributed by atoms with Crippen molar-refractivity contribution in [1.29, 1.82) is 0 Å². The van der Waals surface area contributed by atoms with Crippen molar-refractivity contribution in [2.75, 3.05) is 13.1 Å². The molecule has 2 rings (SSSR count). The average molecular weight is 277 g/mol. The normalized spacial score (nSPS) is 26.6. The van der Waals surface area contributed by atoms with Gasteiger partial charge in [0.1, 0.15) is 5.82 Å². The minimum absolute atomic E-state index is 0.131. The lowest BCUT2D eigenvalue weighted by molar-refractivity contribution is 0.172. The number of halogens is 1. The predicted molar refractivity (Wildman–Crippen MR) is 83.3 cm³/mol. The zero-order valence-corrected chi connectivity index (χ0v) is 12.9. The molecule has 1 aromatic rings. The van der Waals surface area contributed by atoms with E-state index >= 15 is 0 Å². The van der Waals surface area contributed by atoms with E-state index in [9.17, 15) is 4.39 Å². The molecular weight excluding hydrogens is 249 g/mol. The van der Waals surface area contributed by atoms with Crippen LogP contribution >= 0.6 is 0 Å². The molecule has 20 heavy (non-hydrogen) atoms. The molecule has 3 atom stereocenters. The molecule has 0 amide bonds. The molecule has 1 fully saturated rings. The molecule has 1 nitrogen and oxygen atoms in total. The van der Waals surface area contributed by atoms with E-state index in [0.29, 0.717) is 0 Å². The summed E-state index contributed by atoms with van der Waals surface area (Å²) in [6.45, 7) is 6.67. The summed E-state index contributed by atoms with van der Waals surface area (Å²) in [4.78, 5) is 0. The minimum atomic E-state index is -0.131. The van der Waals surface area contributed by atoms with Crippen LogP contribution in [0, 0.1) is 23.6 Å². The van der Waals surface area contributed by atoms with Crippen molar-refractivity contribution in [2.45, 2.75) is 46.0 Å². The van der Waals surface area contributed by atoms with Crippen molar-refractivity contribution in [3.05, 3.63) is 35.6 Å².